The number of hydrogen-bond acceptors (Lipinski definition) is 0. The van der Waals surface area contributed by atoms with Crippen molar-refractivity contribution in [2.24, 2.45) is 0 Å². The van der Waals surface area contributed by atoms with Crippen LogP contribution in [0.5, 0.6) is 0 Å². The second-order valence-electron chi connectivity index (χ2n) is 6.50. The van der Waals surface area contributed by atoms with Crippen molar-refractivity contribution in [2.75, 3.05) is 0 Å². The zero-order chi connectivity index (χ0) is 13.6. The number of halogens is 2. The molecule has 0 nitrogen and oxygen atoms in total. The van der Waals surface area contributed by atoms with Gasteiger partial charge >= 0.3 is 0 Å². The van der Waals surface area contributed by atoms with Crippen molar-refractivity contribution in [1.29, 1.82) is 0 Å². The molecule has 0 aromatic heterocycles. The second kappa shape index (κ2) is 3.10. The lowest BCUT2D eigenvalue weighted by atomic mass is 9.64. The van der Waals surface area contributed by atoms with Crippen LogP contribution in [0.4, 0.5) is 0 Å². The fourth-order valence-corrected chi connectivity index (χ4v) is 6.51. The van der Waals surface area contributed by atoms with E-state index in [9.17, 15) is 0 Å². The van der Waals surface area contributed by atoms with Crippen LogP contribution >= 0.6 is 23.2 Å². The van der Waals surface area contributed by atoms with Crippen molar-refractivity contribution in [3.8, 4) is 0 Å². The summed E-state index contributed by atoms with van der Waals surface area (Å²) < 4.78 is 0. The molecule has 3 fully saturated rings. The summed E-state index contributed by atoms with van der Waals surface area (Å²) in [5.41, 5.74) is 2.80. The fourth-order valence-electron chi connectivity index (χ4n) is 5.11. The van der Waals surface area contributed by atoms with Crippen LogP contribution in [-0.4, -0.2) is 9.75 Å². The van der Waals surface area contributed by atoms with Gasteiger partial charge in [0.25, 0.3) is 0 Å². The maximum atomic E-state index is 6.91. The molecule has 2 aromatic rings. The minimum Gasteiger partial charge on any atom is -0.116 e. The molecular formula is C18H14Cl2. The zero-order valence-electron chi connectivity index (χ0n) is 10.9. The van der Waals surface area contributed by atoms with Crippen molar-refractivity contribution in [2.45, 2.75) is 33.4 Å². The van der Waals surface area contributed by atoms with Gasteiger partial charge in [-0.05, 0) is 24.0 Å². The first-order chi connectivity index (χ1) is 9.62. The molecule has 20 heavy (non-hydrogen) atoms. The topological polar surface area (TPSA) is 0 Å². The third-order valence-corrected chi connectivity index (χ3v) is 7.66. The van der Waals surface area contributed by atoms with Gasteiger partial charge in [-0.25, -0.2) is 0 Å². The van der Waals surface area contributed by atoms with E-state index in [0.717, 1.165) is 12.8 Å². The van der Waals surface area contributed by atoms with Gasteiger partial charge in [0.15, 0.2) is 0 Å². The van der Waals surface area contributed by atoms with Crippen LogP contribution in [0.25, 0.3) is 0 Å². The van der Waals surface area contributed by atoms with E-state index in [0.29, 0.717) is 0 Å². The first-order valence-corrected chi connectivity index (χ1v) is 7.87. The Morgan fingerprint density at radius 3 is 1.25 bits per heavy atom. The molecule has 2 heteroatoms. The quantitative estimate of drug-likeness (QED) is 0.709. The van der Waals surface area contributed by atoms with Crippen molar-refractivity contribution in [1.82, 2.24) is 0 Å². The molecule has 3 saturated carbocycles. The van der Waals surface area contributed by atoms with Crippen LogP contribution in [0.15, 0.2) is 60.7 Å². The first kappa shape index (κ1) is 11.7. The molecule has 5 rings (SSSR count). The minimum atomic E-state index is -0.237. The molecule has 3 aliphatic carbocycles. The average molecular weight is 301 g/mol. The lowest BCUT2D eigenvalue weighted by Crippen LogP contribution is -2.54. The molecular weight excluding hydrogens is 287 g/mol. The summed E-state index contributed by atoms with van der Waals surface area (Å²) in [5.74, 6) is 0. The SMILES string of the molecule is Cl[C@]12C[C@@]1(c1ccccc1)[C@]1(c3ccccc3)C[C@]21Cl. The highest BCUT2D eigenvalue weighted by molar-refractivity contribution is 6.44. The Hall–Kier alpha value is -0.980. The van der Waals surface area contributed by atoms with Crippen LogP contribution in [0.1, 0.15) is 24.0 Å². The smallest absolute Gasteiger partial charge is 0.0762 e. The molecule has 2 aromatic carbocycles. The van der Waals surface area contributed by atoms with E-state index in [2.05, 4.69) is 60.7 Å². The Labute approximate surface area is 128 Å². The number of alkyl halides is 2. The molecule has 0 spiro atoms. The van der Waals surface area contributed by atoms with Gasteiger partial charge in [-0.1, -0.05) is 60.7 Å². The first-order valence-electron chi connectivity index (χ1n) is 7.11. The highest BCUT2D eigenvalue weighted by Gasteiger charge is 3.06. The van der Waals surface area contributed by atoms with Crippen molar-refractivity contribution < 1.29 is 0 Å². The van der Waals surface area contributed by atoms with Crippen molar-refractivity contribution >= 4 is 23.2 Å². The highest BCUT2D eigenvalue weighted by atomic mass is 35.5. The minimum absolute atomic E-state index is 0.0475. The zero-order valence-corrected chi connectivity index (χ0v) is 12.5. The maximum absolute atomic E-state index is 6.91. The number of benzene rings is 2. The lowest BCUT2D eigenvalue weighted by molar-refractivity contribution is 0.350. The van der Waals surface area contributed by atoms with Gasteiger partial charge < -0.3 is 0 Å². The fraction of sp³-hybridized carbons (Fsp3) is 0.333. The Morgan fingerprint density at radius 2 is 0.950 bits per heavy atom. The third-order valence-electron chi connectivity index (χ3n) is 6.01. The normalized spacial score (nSPS) is 46.9. The van der Waals surface area contributed by atoms with Crippen molar-refractivity contribution in [3.63, 3.8) is 0 Å². The van der Waals surface area contributed by atoms with E-state index in [4.69, 9.17) is 23.2 Å². The van der Waals surface area contributed by atoms with Gasteiger partial charge in [-0.15, -0.1) is 23.2 Å². The van der Waals surface area contributed by atoms with Crippen LogP contribution < -0.4 is 0 Å². The highest BCUT2D eigenvalue weighted by Crippen LogP contribution is 2.99. The Bertz CT molecular complexity index is 649. The van der Waals surface area contributed by atoms with Gasteiger partial charge in [0.2, 0.25) is 0 Å². The summed E-state index contributed by atoms with van der Waals surface area (Å²) in [5, 5.41) is 0. The van der Waals surface area contributed by atoms with Gasteiger partial charge in [0, 0.05) is 10.8 Å². The van der Waals surface area contributed by atoms with E-state index < -0.39 is 0 Å². The average Bonchev–Trinajstić information content (AvgIpc) is 3.32. The summed E-state index contributed by atoms with van der Waals surface area (Å²) in [6.07, 6.45) is 2.01. The molecule has 0 radical (unpaired) electrons. The van der Waals surface area contributed by atoms with E-state index in [1.807, 2.05) is 0 Å². The summed E-state index contributed by atoms with van der Waals surface area (Å²) in [7, 11) is 0. The van der Waals surface area contributed by atoms with E-state index in [1.54, 1.807) is 0 Å². The number of fused-ring (bicyclic) bond motifs is 4. The Morgan fingerprint density at radius 1 is 0.600 bits per heavy atom. The predicted octanol–water partition coefficient (Wildman–Crippen LogP) is 4.64. The molecule has 3 aliphatic rings. The molecule has 0 bridgehead atoms. The summed E-state index contributed by atoms with van der Waals surface area (Å²) in [4.78, 5) is -0.475. The third kappa shape index (κ3) is 0.866. The molecule has 0 unspecified atom stereocenters. The summed E-state index contributed by atoms with van der Waals surface area (Å²) >= 11 is 13.8. The van der Waals surface area contributed by atoms with Crippen LogP contribution in [0.3, 0.4) is 0 Å². The molecule has 4 atom stereocenters. The summed E-state index contributed by atoms with van der Waals surface area (Å²) in [6.45, 7) is 0. The number of rotatable bonds is 2. The van der Waals surface area contributed by atoms with Crippen LogP contribution in [0, 0.1) is 0 Å². The summed E-state index contributed by atoms with van der Waals surface area (Å²) in [6, 6.07) is 21.4. The molecule has 0 aliphatic heterocycles. The molecule has 0 heterocycles. The standard InChI is InChI=1S/C18H14Cl2/c19-17-11-15(17,13-7-3-1-4-8-13)16(12-18(16,17)20)14-9-5-2-6-10-14/h1-10H,11-12H2/t15-,16-,17-,18-/m1/s1. The predicted molar refractivity (Wildman–Crippen MR) is 82.6 cm³/mol. The van der Waals surface area contributed by atoms with Gasteiger partial charge in [0.1, 0.15) is 0 Å². The van der Waals surface area contributed by atoms with E-state index in [1.165, 1.54) is 11.1 Å². The largest absolute Gasteiger partial charge is 0.116 e. The molecule has 100 valence electrons. The lowest BCUT2D eigenvalue weighted by Gasteiger charge is -2.45. The van der Waals surface area contributed by atoms with Crippen LogP contribution in [-0.2, 0) is 10.8 Å². The maximum Gasteiger partial charge on any atom is 0.0762 e. The van der Waals surface area contributed by atoms with Gasteiger partial charge in [-0.2, -0.15) is 0 Å². The Balaban J connectivity index is 1.73. The monoisotopic (exact) mass is 300 g/mol. The van der Waals surface area contributed by atoms with Gasteiger partial charge in [-0.3, -0.25) is 0 Å². The Kier molecular flexibility index (Phi) is 1.81. The van der Waals surface area contributed by atoms with Crippen LogP contribution in [0.2, 0.25) is 0 Å². The van der Waals surface area contributed by atoms with Crippen molar-refractivity contribution in [3.05, 3.63) is 71.8 Å². The molecule has 0 saturated heterocycles. The van der Waals surface area contributed by atoms with Gasteiger partial charge in [0.05, 0.1) is 9.75 Å². The number of hydrogen-bond donors (Lipinski definition) is 0. The second-order valence-corrected chi connectivity index (χ2v) is 7.79. The van der Waals surface area contributed by atoms with E-state index in [-0.39, 0.29) is 20.6 Å². The molecule has 0 amide bonds. The van der Waals surface area contributed by atoms with E-state index >= 15 is 0 Å². The molecule has 0 N–H and O–H groups in total.